The number of anilines is 1. The van der Waals surface area contributed by atoms with E-state index in [0.29, 0.717) is 5.25 Å². The van der Waals surface area contributed by atoms with Crippen LogP contribution in [0.2, 0.25) is 0 Å². The van der Waals surface area contributed by atoms with Gasteiger partial charge >= 0.3 is 0 Å². The molecule has 0 aromatic heterocycles. The average molecular weight is 449 g/mol. The standard InChI is InChI=1S/C22H28N2O4S2/c1-15(2)24-30(26,27)21-14-16(12-13-19(21)28-3)22(25)23-18-10-6-7-11-20(18)29-17-8-4-5-9-17/h6-7,10-15,17,24H,4-5,8-9H2,1-3H3,(H,23,25). The van der Waals surface area contributed by atoms with Crippen LogP contribution in [0, 0.1) is 0 Å². The highest BCUT2D eigenvalue weighted by Crippen LogP contribution is 2.38. The second kappa shape index (κ2) is 9.85. The fourth-order valence-corrected chi connectivity index (χ4v) is 6.23. The minimum atomic E-state index is -3.81. The Bertz CT molecular complexity index is 1000. The van der Waals surface area contributed by atoms with Gasteiger partial charge in [0.25, 0.3) is 5.91 Å². The van der Waals surface area contributed by atoms with E-state index in [1.165, 1.54) is 44.9 Å². The predicted octanol–water partition coefficient (Wildman–Crippen LogP) is 4.67. The lowest BCUT2D eigenvalue weighted by Gasteiger charge is -2.16. The van der Waals surface area contributed by atoms with Crippen molar-refractivity contribution in [3.8, 4) is 5.75 Å². The summed E-state index contributed by atoms with van der Waals surface area (Å²) >= 11 is 1.79. The van der Waals surface area contributed by atoms with E-state index >= 15 is 0 Å². The van der Waals surface area contributed by atoms with Gasteiger partial charge in [0.15, 0.2) is 0 Å². The molecule has 0 unspecified atom stereocenters. The molecule has 0 heterocycles. The number of carbonyl (C=O) groups excluding carboxylic acids is 1. The summed E-state index contributed by atoms with van der Waals surface area (Å²) in [6.07, 6.45) is 4.88. The molecule has 8 heteroatoms. The molecule has 6 nitrogen and oxygen atoms in total. The van der Waals surface area contributed by atoms with E-state index < -0.39 is 10.0 Å². The van der Waals surface area contributed by atoms with Gasteiger partial charge in [0.2, 0.25) is 10.0 Å². The summed E-state index contributed by atoms with van der Waals surface area (Å²) in [5.74, 6) is -0.171. The summed E-state index contributed by atoms with van der Waals surface area (Å²) in [6.45, 7) is 3.47. The Kier molecular flexibility index (Phi) is 7.44. The van der Waals surface area contributed by atoms with Crippen LogP contribution >= 0.6 is 11.8 Å². The molecule has 0 spiro atoms. The highest BCUT2D eigenvalue weighted by atomic mass is 32.2. The summed E-state index contributed by atoms with van der Waals surface area (Å²) in [5.41, 5.74) is 0.987. The van der Waals surface area contributed by atoms with Gasteiger partial charge in [-0.15, -0.1) is 11.8 Å². The first-order chi connectivity index (χ1) is 14.3. The zero-order valence-corrected chi connectivity index (χ0v) is 19.1. The second-order valence-corrected chi connectivity index (χ2v) is 10.6. The van der Waals surface area contributed by atoms with E-state index in [4.69, 9.17) is 4.74 Å². The van der Waals surface area contributed by atoms with Crippen LogP contribution in [0.4, 0.5) is 5.69 Å². The van der Waals surface area contributed by atoms with Crippen LogP contribution in [-0.2, 0) is 10.0 Å². The molecule has 0 bridgehead atoms. The molecule has 2 N–H and O–H groups in total. The van der Waals surface area contributed by atoms with Crippen molar-refractivity contribution < 1.29 is 17.9 Å². The fraction of sp³-hybridized carbons (Fsp3) is 0.409. The van der Waals surface area contributed by atoms with Gasteiger partial charge in [-0.3, -0.25) is 4.79 Å². The first kappa shape index (κ1) is 22.7. The number of benzene rings is 2. The largest absolute Gasteiger partial charge is 0.495 e. The number of rotatable bonds is 8. The van der Waals surface area contributed by atoms with Gasteiger partial charge in [-0.05, 0) is 57.0 Å². The summed E-state index contributed by atoms with van der Waals surface area (Å²) in [4.78, 5) is 13.9. The van der Waals surface area contributed by atoms with Crippen molar-refractivity contribution in [1.29, 1.82) is 0 Å². The van der Waals surface area contributed by atoms with E-state index in [-0.39, 0.29) is 28.2 Å². The quantitative estimate of drug-likeness (QED) is 0.613. The normalized spacial score (nSPS) is 14.8. The van der Waals surface area contributed by atoms with Crippen LogP contribution in [-0.4, -0.2) is 32.7 Å². The molecule has 30 heavy (non-hydrogen) atoms. The van der Waals surface area contributed by atoms with Crippen molar-refractivity contribution >= 4 is 33.4 Å². The van der Waals surface area contributed by atoms with Crippen molar-refractivity contribution in [2.45, 2.75) is 60.6 Å². The van der Waals surface area contributed by atoms with Crippen molar-refractivity contribution in [3.05, 3.63) is 48.0 Å². The molecule has 0 atom stereocenters. The third kappa shape index (κ3) is 5.56. The number of amides is 1. The topological polar surface area (TPSA) is 84.5 Å². The van der Waals surface area contributed by atoms with E-state index in [1.54, 1.807) is 31.7 Å². The first-order valence-electron chi connectivity index (χ1n) is 10.1. The van der Waals surface area contributed by atoms with Crippen molar-refractivity contribution in [2.24, 2.45) is 0 Å². The number of methoxy groups -OCH3 is 1. The Morgan fingerprint density at radius 2 is 1.83 bits per heavy atom. The van der Waals surface area contributed by atoms with Gasteiger partial charge in [-0.25, -0.2) is 13.1 Å². The van der Waals surface area contributed by atoms with E-state index in [0.717, 1.165) is 10.6 Å². The zero-order chi connectivity index (χ0) is 21.7. The molecule has 1 aliphatic rings. The molecule has 3 rings (SSSR count). The molecule has 2 aromatic carbocycles. The Morgan fingerprint density at radius 3 is 2.50 bits per heavy atom. The number of carbonyl (C=O) groups is 1. The van der Waals surface area contributed by atoms with Gasteiger partial charge in [0.05, 0.1) is 12.8 Å². The van der Waals surface area contributed by atoms with Gasteiger partial charge in [0.1, 0.15) is 10.6 Å². The minimum absolute atomic E-state index is 0.0556. The number of sulfonamides is 1. The fourth-order valence-electron chi connectivity index (χ4n) is 3.45. The van der Waals surface area contributed by atoms with Gasteiger partial charge < -0.3 is 10.1 Å². The highest BCUT2D eigenvalue weighted by molar-refractivity contribution is 8.00. The van der Waals surface area contributed by atoms with Crippen molar-refractivity contribution in [2.75, 3.05) is 12.4 Å². The molecule has 162 valence electrons. The second-order valence-electron chi connectivity index (χ2n) is 7.62. The lowest BCUT2D eigenvalue weighted by molar-refractivity contribution is 0.102. The lowest BCUT2D eigenvalue weighted by Crippen LogP contribution is -2.30. The number of hydrogen-bond donors (Lipinski definition) is 2. The van der Waals surface area contributed by atoms with Crippen LogP contribution in [0.25, 0.3) is 0 Å². The van der Waals surface area contributed by atoms with E-state index in [2.05, 4.69) is 10.0 Å². The van der Waals surface area contributed by atoms with Gasteiger partial charge in [-0.1, -0.05) is 25.0 Å². The van der Waals surface area contributed by atoms with E-state index in [9.17, 15) is 13.2 Å². The summed E-state index contributed by atoms with van der Waals surface area (Å²) in [7, 11) is -2.41. The lowest BCUT2D eigenvalue weighted by atomic mass is 10.2. The smallest absolute Gasteiger partial charge is 0.255 e. The molecule has 0 aliphatic heterocycles. The molecule has 1 aliphatic carbocycles. The molecule has 0 radical (unpaired) electrons. The molecular weight excluding hydrogens is 420 g/mol. The Morgan fingerprint density at radius 1 is 1.13 bits per heavy atom. The van der Waals surface area contributed by atoms with Crippen LogP contribution < -0.4 is 14.8 Å². The Labute approximate surface area is 182 Å². The number of para-hydroxylation sites is 1. The number of nitrogens with one attached hydrogen (secondary N) is 2. The molecule has 0 saturated heterocycles. The number of hydrogen-bond acceptors (Lipinski definition) is 5. The van der Waals surface area contributed by atoms with Gasteiger partial charge in [0, 0.05) is 21.8 Å². The SMILES string of the molecule is COc1ccc(C(=O)Nc2ccccc2SC2CCCC2)cc1S(=O)(=O)NC(C)C. The van der Waals surface area contributed by atoms with Crippen molar-refractivity contribution in [1.82, 2.24) is 4.72 Å². The van der Waals surface area contributed by atoms with E-state index in [1.807, 2.05) is 24.3 Å². The van der Waals surface area contributed by atoms with Crippen LogP contribution in [0.3, 0.4) is 0 Å². The monoisotopic (exact) mass is 448 g/mol. The molecule has 2 aromatic rings. The third-order valence-electron chi connectivity index (χ3n) is 4.84. The Balaban J connectivity index is 1.85. The molecule has 1 fully saturated rings. The summed E-state index contributed by atoms with van der Waals surface area (Å²) < 4.78 is 33.1. The van der Waals surface area contributed by atoms with Crippen molar-refractivity contribution in [3.63, 3.8) is 0 Å². The van der Waals surface area contributed by atoms with Crippen LogP contribution in [0.5, 0.6) is 5.75 Å². The molecule has 1 amide bonds. The van der Waals surface area contributed by atoms with Gasteiger partial charge in [-0.2, -0.15) is 0 Å². The number of thioether (sulfide) groups is 1. The maximum Gasteiger partial charge on any atom is 0.255 e. The first-order valence-corrected chi connectivity index (χ1v) is 12.4. The summed E-state index contributed by atoms with van der Waals surface area (Å²) in [6, 6.07) is 11.9. The number of ether oxygens (including phenoxy) is 1. The Hall–Kier alpha value is -2.03. The minimum Gasteiger partial charge on any atom is -0.495 e. The molecular formula is C22H28N2O4S2. The maximum absolute atomic E-state index is 12.9. The predicted molar refractivity (Wildman–Crippen MR) is 121 cm³/mol. The van der Waals surface area contributed by atoms with Crippen LogP contribution in [0.15, 0.2) is 52.3 Å². The highest BCUT2D eigenvalue weighted by Gasteiger charge is 2.23. The molecule has 1 saturated carbocycles. The average Bonchev–Trinajstić information content (AvgIpc) is 3.21. The summed E-state index contributed by atoms with van der Waals surface area (Å²) in [5, 5.41) is 3.51. The maximum atomic E-state index is 12.9. The van der Waals surface area contributed by atoms with Crippen LogP contribution in [0.1, 0.15) is 49.9 Å². The zero-order valence-electron chi connectivity index (χ0n) is 17.5. The third-order valence-corrected chi connectivity index (χ3v) is 7.93.